The van der Waals surface area contributed by atoms with Crippen LogP contribution in [0.1, 0.15) is 124 Å². The number of nitrogens with one attached hydrogen (secondary N) is 2. The number of alkyl carbamates (subject to hydrolysis) is 1. The summed E-state index contributed by atoms with van der Waals surface area (Å²) in [5, 5.41) is 16.3. The molecule has 3 unspecified atom stereocenters. The summed E-state index contributed by atoms with van der Waals surface area (Å²) in [5.41, 5.74) is 0.552. The van der Waals surface area contributed by atoms with Gasteiger partial charge in [-0.05, 0) is 102 Å². The van der Waals surface area contributed by atoms with Crippen LogP contribution in [0.3, 0.4) is 0 Å². The topological polar surface area (TPSA) is 108 Å². The van der Waals surface area contributed by atoms with Crippen LogP contribution in [0.5, 0.6) is 5.75 Å². The molecule has 0 spiro atoms. The molecule has 3 N–H and O–H groups in total. The fourth-order valence-corrected chi connectivity index (χ4v) is 5.45. The van der Waals surface area contributed by atoms with Crippen LogP contribution in [0.4, 0.5) is 4.79 Å². The Labute approximate surface area is 248 Å². The minimum Gasteiger partial charge on any atom is -0.508 e. The van der Waals surface area contributed by atoms with Gasteiger partial charge in [0.15, 0.2) is 0 Å². The number of phenolic OH excluding ortho intramolecular Hbond substituents is 1. The Morgan fingerprint density at radius 3 is 2.17 bits per heavy atom. The first-order valence-electron chi connectivity index (χ1n) is 15.5. The normalized spacial score (nSPS) is 16.7. The van der Waals surface area contributed by atoms with Gasteiger partial charge in [-0.25, -0.2) is 4.79 Å². The van der Waals surface area contributed by atoms with Gasteiger partial charge >= 0.3 is 6.09 Å². The van der Waals surface area contributed by atoms with Crippen LogP contribution in [0, 0.1) is 18.8 Å². The molecule has 0 heterocycles. The molecule has 3 atom stereocenters. The van der Waals surface area contributed by atoms with Gasteiger partial charge < -0.3 is 25.4 Å². The number of aryl methyl sites for hydroxylation is 1. The molecule has 1 aliphatic rings. The van der Waals surface area contributed by atoms with Gasteiger partial charge in [0.05, 0.1) is 0 Å². The van der Waals surface area contributed by atoms with Gasteiger partial charge in [-0.3, -0.25) is 9.59 Å². The molecule has 1 aliphatic carbocycles. The molecule has 232 valence electrons. The molecule has 1 saturated carbocycles. The largest absolute Gasteiger partial charge is 0.508 e. The lowest BCUT2D eigenvalue weighted by Gasteiger charge is -2.40. The molecule has 3 amide bonds. The van der Waals surface area contributed by atoms with E-state index in [-0.39, 0.29) is 35.6 Å². The highest BCUT2D eigenvalue weighted by molar-refractivity contribution is 5.92. The first-order valence-corrected chi connectivity index (χ1v) is 15.5. The van der Waals surface area contributed by atoms with Crippen LogP contribution in [-0.2, 0) is 14.3 Å². The number of ether oxygens (including phenoxy) is 1. The van der Waals surface area contributed by atoms with Crippen molar-refractivity contribution in [3.63, 3.8) is 0 Å². The number of rotatable bonds is 12. The summed E-state index contributed by atoms with van der Waals surface area (Å²) in [7, 11) is 0. The number of amides is 3. The second kappa shape index (κ2) is 15.5. The summed E-state index contributed by atoms with van der Waals surface area (Å²) in [6.45, 7) is 17.4. The highest BCUT2D eigenvalue weighted by Gasteiger charge is 2.39. The van der Waals surface area contributed by atoms with Crippen LogP contribution in [-0.4, -0.2) is 51.6 Å². The molecule has 1 aromatic carbocycles. The first-order chi connectivity index (χ1) is 19.1. The Bertz CT molecular complexity index is 1010. The standard InChI is InChI=1S/C33H55N3O5/c1-21(2)15-16-24(6)36(31(39)27(19-22(3)4)35-32(40)41-33(7,8)9)29(25-17-18-28(37)23(5)20-25)30(38)34-26-13-11-10-12-14-26/h17-18,20-22,24,26-27,29,37H,10-16,19H2,1-9H3,(H,34,38)(H,35,40). The van der Waals surface area contributed by atoms with Crippen LogP contribution in [0.2, 0.25) is 0 Å². The smallest absolute Gasteiger partial charge is 0.408 e. The van der Waals surface area contributed by atoms with Crippen molar-refractivity contribution in [1.82, 2.24) is 15.5 Å². The zero-order valence-corrected chi connectivity index (χ0v) is 26.9. The quantitative estimate of drug-likeness (QED) is 0.255. The third kappa shape index (κ3) is 11.2. The van der Waals surface area contributed by atoms with Crippen molar-refractivity contribution < 1.29 is 24.2 Å². The molecule has 0 radical (unpaired) electrons. The van der Waals surface area contributed by atoms with E-state index in [0.29, 0.717) is 29.9 Å². The number of carbonyl (C=O) groups excluding carboxylic acids is 3. The van der Waals surface area contributed by atoms with Crippen molar-refractivity contribution in [1.29, 1.82) is 0 Å². The van der Waals surface area contributed by atoms with Crippen LogP contribution in [0.15, 0.2) is 18.2 Å². The van der Waals surface area contributed by atoms with E-state index in [2.05, 4.69) is 24.5 Å². The summed E-state index contributed by atoms with van der Waals surface area (Å²) >= 11 is 0. The van der Waals surface area contributed by atoms with Crippen molar-refractivity contribution in [2.75, 3.05) is 0 Å². The van der Waals surface area contributed by atoms with E-state index < -0.39 is 23.8 Å². The minimum atomic E-state index is -0.916. The molecule has 8 heteroatoms. The van der Waals surface area contributed by atoms with Crippen molar-refractivity contribution in [3.8, 4) is 5.75 Å². The van der Waals surface area contributed by atoms with Crippen LogP contribution >= 0.6 is 0 Å². The summed E-state index contributed by atoms with van der Waals surface area (Å²) in [5.74, 6) is 0.126. The average Bonchev–Trinajstić information content (AvgIpc) is 2.86. The van der Waals surface area contributed by atoms with E-state index in [9.17, 15) is 19.5 Å². The molecule has 1 aromatic rings. The van der Waals surface area contributed by atoms with E-state index in [1.165, 1.54) is 0 Å². The number of carbonyl (C=O) groups is 3. The predicted octanol–water partition coefficient (Wildman–Crippen LogP) is 6.78. The minimum absolute atomic E-state index is 0.0613. The summed E-state index contributed by atoms with van der Waals surface area (Å²) in [6.07, 6.45) is 6.46. The molecule has 0 saturated heterocycles. The molecule has 8 nitrogen and oxygen atoms in total. The zero-order chi connectivity index (χ0) is 30.9. The second-order valence-electron chi connectivity index (χ2n) is 13.7. The fourth-order valence-electron chi connectivity index (χ4n) is 5.45. The molecular weight excluding hydrogens is 518 g/mol. The monoisotopic (exact) mass is 573 g/mol. The number of benzene rings is 1. The number of nitrogens with zero attached hydrogens (tertiary/aromatic N) is 1. The van der Waals surface area contributed by atoms with Crippen molar-refractivity contribution >= 4 is 17.9 Å². The van der Waals surface area contributed by atoms with Gasteiger partial charge in [-0.1, -0.05) is 53.0 Å². The lowest BCUT2D eigenvalue weighted by atomic mass is 9.92. The van der Waals surface area contributed by atoms with E-state index in [4.69, 9.17) is 4.74 Å². The van der Waals surface area contributed by atoms with Gasteiger partial charge in [0.25, 0.3) is 0 Å². The third-order valence-corrected chi connectivity index (χ3v) is 7.60. The maximum absolute atomic E-state index is 14.6. The van der Waals surface area contributed by atoms with Crippen molar-refractivity contribution in [3.05, 3.63) is 29.3 Å². The van der Waals surface area contributed by atoms with E-state index in [0.717, 1.165) is 38.5 Å². The van der Waals surface area contributed by atoms with E-state index in [1.54, 1.807) is 50.8 Å². The average molecular weight is 574 g/mol. The highest BCUT2D eigenvalue weighted by Crippen LogP contribution is 2.31. The van der Waals surface area contributed by atoms with Gasteiger partial charge in [-0.15, -0.1) is 0 Å². The predicted molar refractivity (Wildman–Crippen MR) is 164 cm³/mol. The molecule has 0 aromatic heterocycles. The van der Waals surface area contributed by atoms with E-state index in [1.807, 2.05) is 20.8 Å². The fraction of sp³-hybridized carbons (Fsp3) is 0.727. The van der Waals surface area contributed by atoms with E-state index >= 15 is 0 Å². The van der Waals surface area contributed by atoms with Crippen molar-refractivity contribution in [2.45, 2.75) is 143 Å². The molecule has 0 bridgehead atoms. The van der Waals surface area contributed by atoms with Crippen molar-refractivity contribution in [2.24, 2.45) is 11.8 Å². The van der Waals surface area contributed by atoms with Gasteiger partial charge in [0.1, 0.15) is 23.4 Å². The third-order valence-electron chi connectivity index (χ3n) is 7.60. The van der Waals surface area contributed by atoms with Gasteiger partial charge in [0.2, 0.25) is 11.8 Å². The summed E-state index contributed by atoms with van der Waals surface area (Å²) in [4.78, 5) is 43.3. The maximum Gasteiger partial charge on any atom is 0.408 e. The molecule has 1 fully saturated rings. The summed E-state index contributed by atoms with van der Waals surface area (Å²) in [6, 6.07) is 3.09. The van der Waals surface area contributed by atoms with Crippen LogP contribution < -0.4 is 10.6 Å². The maximum atomic E-state index is 14.6. The Morgan fingerprint density at radius 2 is 1.63 bits per heavy atom. The van der Waals surface area contributed by atoms with Crippen LogP contribution in [0.25, 0.3) is 0 Å². The lowest BCUT2D eigenvalue weighted by molar-refractivity contribution is -0.146. The Morgan fingerprint density at radius 1 is 1.00 bits per heavy atom. The SMILES string of the molecule is Cc1cc(C(C(=O)NC2CCCCC2)N(C(=O)C(CC(C)C)NC(=O)OC(C)(C)C)C(C)CCC(C)C)ccc1O. The van der Waals surface area contributed by atoms with Gasteiger partial charge in [-0.2, -0.15) is 0 Å². The number of hydrogen-bond donors (Lipinski definition) is 3. The number of hydrogen-bond acceptors (Lipinski definition) is 5. The Hall–Kier alpha value is -2.77. The highest BCUT2D eigenvalue weighted by atomic mass is 16.6. The molecule has 41 heavy (non-hydrogen) atoms. The summed E-state index contributed by atoms with van der Waals surface area (Å²) < 4.78 is 5.51. The number of phenols is 1. The second-order valence-corrected chi connectivity index (χ2v) is 13.7. The Kier molecular flexibility index (Phi) is 13.0. The molecule has 0 aliphatic heterocycles. The first kappa shape index (κ1) is 34.4. The lowest BCUT2D eigenvalue weighted by Crippen LogP contribution is -2.56. The zero-order valence-electron chi connectivity index (χ0n) is 26.9. The van der Waals surface area contributed by atoms with Gasteiger partial charge in [0, 0.05) is 12.1 Å². The number of aromatic hydroxyl groups is 1. The Balaban J connectivity index is 2.59. The molecular formula is C33H55N3O5. The molecule has 2 rings (SSSR count).